The van der Waals surface area contributed by atoms with E-state index in [1.165, 1.54) is 93.3 Å². The van der Waals surface area contributed by atoms with E-state index in [1.807, 2.05) is 6.07 Å². The van der Waals surface area contributed by atoms with Crippen molar-refractivity contribution in [1.29, 1.82) is 0 Å². The van der Waals surface area contributed by atoms with Crippen molar-refractivity contribution < 1.29 is 4.42 Å². The molecular weight excluding hydrogens is 593 g/mol. The van der Waals surface area contributed by atoms with Crippen molar-refractivity contribution in [3.05, 3.63) is 170 Å². The van der Waals surface area contributed by atoms with Gasteiger partial charge in [-0.3, -0.25) is 0 Å². The first-order chi connectivity index (χ1) is 24.3. The zero-order valence-electron chi connectivity index (χ0n) is 26.6. The summed E-state index contributed by atoms with van der Waals surface area (Å²) in [4.78, 5) is 0. The molecule has 1 nitrogen and oxygen atoms in total. The summed E-state index contributed by atoms with van der Waals surface area (Å²) in [6, 6.07) is 61.9. The van der Waals surface area contributed by atoms with Crippen molar-refractivity contribution in [1.82, 2.24) is 0 Å². The van der Waals surface area contributed by atoms with Gasteiger partial charge >= 0.3 is 0 Å². The number of hydrogen-bond acceptors (Lipinski definition) is 1. The molecule has 0 radical (unpaired) electrons. The Bertz CT molecular complexity index is 2870. The van der Waals surface area contributed by atoms with Gasteiger partial charge < -0.3 is 4.42 Å². The van der Waals surface area contributed by atoms with E-state index >= 15 is 0 Å². The Kier molecular flexibility index (Phi) is 5.45. The highest BCUT2D eigenvalue weighted by molar-refractivity contribution is 6.30. The maximum Gasteiger partial charge on any atom is 0.136 e. The summed E-state index contributed by atoms with van der Waals surface area (Å²) in [6.07, 6.45) is 0. The van der Waals surface area contributed by atoms with E-state index in [-0.39, 0.29) is 0 Å². The first kappa shape index (κ1) is 26.6. The van der Waals surface area contributed by atoms with Gasteiger partial charge in [-0.2, -0.15) is 0 Å². The van der Waals surface area contributed by atoms with E-state index in [9.17, 15) is 0 Å². The molecule has 9 aromatic carbocycles. The van der Waals surface area contributed by atoms with Crippen molar-refractivity contribution in [2.45, 2.75) is 0 Å². The summed E-state index contributed by atoms with van der Waals surface area (Å²) >= 11 is 0. The fourth-order valence-corrected chi connectivity index (χ4v) is 8.66. The molecule has 1 aliphatic rings. The van der Waals surface area contributed by atoms with Crippen LogP contribution in [0, 0.1) is 0 Å². The molecule has 11 rings (SSSR count). The Morgan fingerprint density at radius 2 is 0.776 bits per heavy atom. The topological polar surface area (TPSA) is 13.1 Å². The van der Waals surface area contributed by atoms with E-state index < -0.39 is 0 Å². The molecule has 0 fully saturated rings. The van der Waals surface area contributed by atoms with Gasteiger partial charge in [-0.15, -0.1) is 0 Å². The van der Waals surface area contributed by atoms with Crippen LogP contribution in [-0.2, 0) is 0 Å². The minimum Gasteiger partial charge on any atom is -0.456 e. The third-order valence-electron chi connectivity index (χ3n) is 10.6. The monoisotopic (exact) mass is 620 g/mol. The zero-order chi connectivity index (χ0) is 32.1. The molecule has 226 valence electrons. The molecule has 0 spiro atoms. The standard InChI is InChI=1S/C48H28O/c1-3-14-29(15-4-1)43-35-20-9-10-21-36(35)44(30-16-5-2-6-17-30)48-39-27-26-32(33-23-13-24-38(45(33)39)47(43)48)40-28-42-46(34-19-8-7-18-31(34)40)37-22-11-12-25-41(37)49-42/h1-28H. The largest absolute Gasteiger partial charge is 0.456 e. The van der Waals surface area contributed by atoms with Crippen molar-refractivity contribution >= 4 is 54.3 Å². The second-order valence-corrected chi connectivity index (χ2v) is 13.1. The third-order valence-corrected chi connectivity index (χ3v) is 10.6. The number of rotatable bonds is 3. The molecule has 49 heavy (non-hydrogen) atoms. The van der Waals surface area contributed by atoms with Crippen molar-refractivity contribution in [3.63, 3.8) is 0 Å². The maximum atomic E-state index is 6.52. The van der Waals surface area contributed by atoms with Crippen molar-refractivity contribution in [2.24, 2.45) is 0 Å². The summed E-state index contributed by atoms with van der Waals surface area (Å²) in [6.45, 7) is 0. The zero-order valence-corrected chi connectivity index (χ0v) is 26.6. The number of benzene rings is 9. The van der Waals surface area contributed by atoms with Gasteiger partial charge in [0.15, 0.2) is 0 Å². The Morgan fingerprint density at radius 1 is 0.265 bits per heavy atom. The second kappa shape index (κ2) is 10.0. The van der Waals surface area contributed by atoms with Crippen LogP contribution in [0.2, 0.25) is 0 Å². The lowest BCUT2D eigenvalue weighted by atomic mass is 9.82. The summed E-state index contributed by atoms with van der Waals surface area (Å²) in [5.41, 5.74) is 14.5. The molecule has 1 aromatic heterocycles. The van der Waals surface area contributed by atoms with Crippen LogP contribution >= 0.6 is 0 Å². The third kappa shape index (κ3) is 3.65. The smallest absolute Gasteiger partial charge is 0.136 e. The van der Waals surface area contributed by atoms with E-state index in [1.54, 1.807) is 0 Å². The highest BCUT2D eigenvalue weighted by atomic mass is 16.3. The van der Waals surface area contributed by atoms with Gasteiger partial charge in [-0.05, 0) is 100 Å². The van der Waals surface area contributed by atoms with E-state index in [0.29, 0.717) is 0 Å². The predicted molar refractivity (Wildman–Crippen MR) is 207 cm³/mol. The average molecular weight is 621 g/mol. The van der Waals surface area contributed by atoms with Gasteiger partial charge in [0.1, 0.15) is 11.2 Å². The van der Waals surface area contributed by atoms with Crippen LogP contribution in [0.5, 0.6) is 0 Å². The van der Waals surface area contributed by atoms with Crippen LogP contribution in [-0.4, -0.2) is 0 Å². The molecule has 0 amide bonds. The highest BCUT2D eigenvalue weighted by Gasteiger charge is 2.31. The number of hydrogen-bond donors (Lipinski definition) is 0. The van der Waals surface area contributed by atoms with Crippen LogP contribution in [0.3, 0.4) is 0 Å². The minimum absolute atomic E-state index is 0.921. The molecule has 0 bridgehead atoms. The van der Waals surface area contributed by atoms with Gasteiger partial charge in [-0.25, -0.2) is 0 Å². The lowest BCUT2D eigenvalue weighted by molar-refractivity contribution is 0.669. The quantitative estimate of drug-likeness (QED) is 0.192. The maximum absolute atomic E-state index is 6.52. The fourth-order valence-electron chi connectivity index (χ4n) is 8.66. The van der Waals surface area contributed by atoms with Crippen LogP contribution in [0.1, 0.15) is 0 Å². The molecule has 0 saturated carbocycles. The Hall–Kier alpha value is -6.44. The SMILES string of the molecule is c1ccc(-c2c3c(c(-c4ccccc4)c4ccccc24)-c2ccc(-c4cc5oc6ccccc6c5c5ccccc45)c4cccc-3c24)cc1. The molecule has 1 heteroatoms. The van der Waals surface area contributed by atoms with E-state index in [0.717, 1.165) is 16.6 Å². The van der Waals surface area contributed by atoms with Crippen LogP contribution < -0.4 is 0 Å². The van der Waals surface area contributed by atoms with Gasteiger partial charge in [0.2, 0.25) is 0 Å². The molecule has 0 unspecified atom stereocenters. The lowest BCUT2D eigenvalue weighted by Gasteiger charge is -2.20. The number of fused-ring (bicyclic) bond motifs is 9. The molecule has 0 N–H and O–H groups in total. The van der Waals surface area contributed by atoms with Gasteiger partial charge in [-0.1, -0.05) is 158 Å². The fraction of sp³-hybridized carbons (Fsp3) is 0. The minimum atomic E-state index is 0.921. The van der Waals surface area contributed by atoms with Gasteiger partial charge in [0.05, 0.1) is 0 Å². The van der Waals surface area contributed by atoms with Crippen LogP contribution in [0.15, 0.2) is 174 Å². The molecule has 0 atom stereocenters. The predicted octanol–water partition coefficient (Wildman–Crippen LogP) is 13.7. The first-order valence-electron chi connectivity index (χ1n) is 16.9. The Balaban J connectivity index is 1.28. The summed E-state index contributed by atoms with van der Waals surface area (Å²) < 4.78 is 6.52. The van der Waals surface area contributed by atoms with Crippen LogP contribution in [0.25, 0.3) is 110 Å². The summed E-state index contributed by atoms with van der Waals surface area (Å²) in [5, 5.41) is 9.91. The van der Waals surface area contributed by atoms with Gasteiger partial charge in [0.25, 0.3) is 0 Å². The van der Waals surface area contributed by atoms with Crippen molar-refractivity contribution in [3.8, 4) is 55.6 Å². The normalized spacial score (nSPS) is 12.1. The number of furan rings is 1. The van der Waals surface area contributed by atoms with Crippen LogP contribution in [0.4, 0.5) is 0 Å². The Labute approximate surface area is 283 Å². The summed E-state index contributed by atoms with van der Waals surface area (Å²) in [5.74, 6) is 0. The lowest BCUT2D eigenvalue weighted by Crippen LogP contribution is -1.93. The first-order valence-corrected chi connectivity index (χ1v) is 16.9. The molecule has 1 aliphatic carbocycles. The molecular formula is C48H28O. The molecule has 1 heterocycles. The van der Waals surface area contributed by atoms with Crippen molar-refractivity contribution in [2.75, 3.05) is 0 Å². The highest BCUT2D eigenvalue weighted by Crippen LogP contribution is 2.58. The second-order valence-electron chi connectivity index (χ2n) is 13.1. The number of para-hydroxylation sites is 1. The molecule has 10 aromatic rings. The molecule has 0 aliphatic heterocycles. The molecule has 0 saturated heterocycles. The van der Waals surface area contributed by atoms with E-state index in [4.69, 9.17) is 4.42 Å². The average Bonchev–Trinajstić information content (AvgIpc) is 3.71. The van der Waals surface area contributed by atoms with E-state index in [2.05, 4.69) is 164 Å². The Morgan fingerprint density at radius 3 is 1.45 bits per heavy atom. The van der Waals surface area contributed by atoms with Gasteiger partial charge in [0, 0.05) is 10.8 Å². The summed E-state index contributed by atoms with van der Waals surface area (Å²) in [7, 11) is 0.